The Hall–Kier alpha value is -3.17. The van der Waals surface area contributed by atoms with Crippen molar-refractivity contribution in [3.63, 3.8) is 0 Å². The molecule has 0 saturated heterocycles. The number of benzene rings is 3. The van der Waals surface area contributed by atoms with Crippen molar-refractivity contribution in [2.45, 2.75) is 0 Å². The number of hydrogen-bond donors (Lipinski definition) is 0. The molecule has 0 spiro atoms. The highest BCUT2D eigenvalue weighted by molar-refractivity contribution is 6.33. The number of furan rings is 1. The molecule has 0 N–H and O–H groups in total. The summed E-state index contributed by atoms with van der Waals surface area (Å²) in [4.78, 5) is 4.64. The average Bonchev–Trinajstić information content (AvgIpc) is 3.07. The van der Waals surface area contributed by atoms with E-state index in [1.165, 1.54) is 0 Å². The van der Waals surface area contributed by atoms with E-state index in [9.17, 15) is 0 Å². The number of para-hydroxylation sites is 1. The first kappa shape index (κ1) is 16.0. The van der Waals surface area contributed by atoms with E-state index in [0.717, 1.165) is 5.39 Å². The average molecular weight is 374 g/mol. The van der Waals surface area contributed by atoms with Crippen LogP contribution in [0.4, 0.5) is 4.39 Å². The lowest BCUT2D eigenvalue weighted by Crippen LogP contribution is -1.95. The van der Waals surface area contributed by atoms with Crippen LogP contribution in [0, 0.1) is 5.82 Å². The van der Waals surface area contributed by atoms with Crippen LogP contribution >= 0.6 is 11.6 Å². The Labute approximate surface area is 159 Å². The molecule has 0 amide bonds. The Morgan fingerprint density at radius 3 is 2.33 bits per heavy atom. The van der Waals surface area contributed by atoms with E-state index in [2.05, 4.69) is 4.98 Å². The van der Waals surface area contributed by atoms with Crippen LogP contribution in [0.5, 0.6) is 0 Å². The summed E-state index contributed by atoms with van der Waals surface area (Å²) in [6, 6.07) is 24.1. The van der Waals surface area contributed by atoms with Gasteiger partial charge in [-0.05, 0) is 18.2 Å². The molecule has 2 heterocycles. The zero-order chi connectivity index (χ0) is 18.4. The maximum absolute atomic E-state index is 15.7. The van der Waals surface area contributed by atoms with Crippen molar-refractivity contribution in [2.75, 3.05) is 0 Å². The van der Waals surface area contributed by atoms with E-state index >= 15 is 4.39 Å². The zero-order valence-electron chi connectivity index (χ0n) is 14.1. The van der Waals surface area contributed by atoms with Crippen LogP contribution in [0.15, 0.2) is 83.3 Å². The maximum Gasteiger partial charge on any atom is 0.164 e. The van der Waals surface area contributed by atoms with Gasteiger partial charge >= 0.3 is 0 Å². The minimum absolute atomic E-state index is 0.282. The Morgan fingerprint density at radius 1 is 0.815 bits per heavy atom. The third kappa shape index (κ3) is 2.51. The monoisotopic (exact) mass is 373 g/mol. The Kier molecular flexibility index (Phi) is 3.69. The van der Waals surface area contributed by atoms with Gasteiger partial charge in [0.25, 0.3) is 0 Å². The van der Waals surface area contributed by atoms with Crippen LogP contribution in [0.2, 0.25) is 5.02 Å². The Bertz CT molecular complexity index is 1290. The molecule has 0 fully saturated rings. The van der Waals surface area contributed by atoms with E-state index in [1.54, 1.807) is 12.1 Å². The molecule has 0 unspecified atom stereocenters. The highest BCUT2D eigenvalue weighted by Crippen LogP contribution is 2.41. The van der Waals surface area contributed by atoms with E-state index in [0.29, 0.717) is 38.4 Å². The van der Waals surface area contributed by atoms with Gasteiger partial charge in [0, 0.05) is 21.5 Å². The zero-order valence-corrected chi connectivity index (χ0v) is 14.9. The minimum Gasteiger partial charge on any atom is -0.454 e. The quantitative estimate of drug-likeness (QED) is 0.329. The summed E-state index contributed by atoms with van der Waals surface area (Å²) in [6.45, 7) is 0. The second-order valence-corrected chi connectivity index (χ2v) is 6.68. The normalized spacial score (nSPS) is 11.3. The van der Waals surface area contributed by atoms with Gasteiger partial charge in [-0.2, -0.15) is 0 Å². The number of nitrogens with zero attached hydrogens (tertiary/aromatic N) is 1. The highest BCUT2D eigenvalue weighted by atomic mass is 35.5. The summed E-state index contributed by atoms with van der Waals surface area (Å²) in [5.41, 5.74) is 3.60. The van der Waals surface area contributed by atoms with Crippen molar-refractivity contribution in [1.29, 1.82) is 0 Å². The predicted octanol–water partition coefficient (Wildman–Crippen LogP) is 7.11. The van der Waals surface area contributed by atoms with Crippen molar-refractivity contribution in [1.82, 2.24) is 4.98 Å². The van der Waals surface area contributed by atoms with E-state index in [4.69, 9.17) is 16.0 Å². The molecular formula is C23H13ClFNO. The largest absolute Gasteiger partial charge is 0.454 e. The van der Waals surface area contributed by atoms with Gasteiger partial charge in [0.2, 0.25) is 0 Å². The van der Waals surface area contributed by atoms with Crippen LogP contribution in [-0.2, 0) is 0 Å². The third-order valence-corrected chi connectivity index (χ3v) is 4.97. The molecular weight excluding hydrogens is 361 g/mol. The van der Waals surface area contributed by atoms with Crippen LogP contribution in [0.3, 0.4) is 0 Å². The predicted molar refractivity (Wildman–Crippen MR) is 107 cm³/mol. The fourth-order valence-electron chi connectivity index (χ4n) is 3.38. The first-order chi connectivity index (χ1) is 13.2. The lowest BCUT2D eigenvalue weighted by Gasteiger charge is -2.10. The summed E-state index contributed by atoms with van der Waals surface area (Å²) in [6.07, 6.45) is 0. The summed E-state index contributed by atoms with van der Waals surface area (Å²) >= 11 is 6.40. The second-order valence-electron chi connectivity index (χ2n) is 6.27. The number of pyridine rings is 1. The van der Waals surface area contributed by atoms with Gasteiger partial charge in [0.15, 0.2) is 11.4 Å². The number of fused-ring (bicyclic) bond motifs is 3. The molecule has 0 saturated carbocycles. The second kappa shape index (κ2) is 6.22. The molecule has 5 aromatic rings. The van der Waals surface area contributed by atoms with E-state index in [-0.39, 0.29) is 5.69 Å². The maximum atomic E-state index is 15.7. The number of rotatable bonds is 2. The lowest BCUT2D eigenvalue weighted by molar-refractivity contribution is 0.620. The molecule has 0 bridgehead atoms. The summed E-state index contributed by atoms with van der Waals surface area (Å²) in [7, 11) is 0. The van der Waals surface area contributed by atoms with Crippen molar-refractivity contribution < 1.29 is 8.81 Å². The smallest absolute Gasteiger partial charge is 0.164 e. The number of aromatic nitrogens is 1. The van der Waals surface area contributed by atoms with E-state index in [1.807, 2.05) is 66.7 Å². The molecule has 0 atom stereocenters. The number of hydrogen-bond acceptors (Lipinski definition) is 2. The van der Waals surface area contributed by atoms with Crippen LogP contribution in [0.1, 0.15) is 0 Å². The van der Waals surface area contributed by atoms with Gasteiger partial charge in [-0.3, -0.25) is 0 Å². The standard InChI is InChI=1S/C23H13ClFNO/c24-17-12-6-4-10-15(17)19-20(25)21(14-8-2-1-3-9-14)26-22-16-11-5-7-13-18(16)27-23(19)22/h1-13H. The first-order valence-electron chi connectivity index (χ1n) is 8.55. The van der Waals surface area contributed by atoms with Gasteiger partial charge < -0.3 is 4.42 Å². The number of halogens is 2. The molecule has 0 aliphatic carbocycles. The molecule has 2 nitrogen and oxygen atoms in total. The third-order valence-electron chi connectivity index (χ3n) is 4.64. The van der Waals surface area contributed by atoms with Crippen molar-refractivity contribution in [3.05, 3.63) is 89.7 Å². The highest BCUT2D eigenvalue weighted by Gasteiger charge is 2.23. The molecule has 2 aromatic heterocycles. The van der Waals surface area contributed by atoms with Gasteiger partial charge in [-0.1, -0.05) is 72.3 Å². The first-order valence-corrected chi connectivity index (χ1v) is 8.93. The molecule has 0 radical (unpaired) electrons. The minimum atomic E-state index is -0.444. The summed E-state index contributed by atoms with van der Waals surface area (Å²) in [5.74, 6) is -0.444. The van der Waals surface area contributed by atoms with Crippen LogP contribution < -0.4 is 0 Å². The fourth-order valence-corrected chi connectivity index (χ4v) is 3.61. The van der Waals surface area contributed by atoms with Gasteiger partial charge in [0.05, 0.1) is 5.56 Å². The van der Waals surface area contributed by atoms with Gasteiger partial charge in [-0.25, -0.2) is 9.37 Å². The van der Waals surface area contributed by atoms with Crippen molar-refractivity contribution in [2.24, 2.45) is 0 Å². The van der Waals surface area contributed by atoms with Crippen molar-refractivity contribution >= 4 is 33.7 Å². The topological polar surface area (TPSA) is 26.0 Å². The molecule has 27 heavy (non-hydrogen) atoms. The summed E-state index contributed by atoms with van der Waals surface area (Å²) in [5, 5.41) is 1.31. The Balaban J connectivity index is 1.97. The van der Waals surface area contributed by atoms with Crippen molar-refractivity contribution in [3.8, 4) is 22.4 Å². The van der Waals surface area contributed by atoms with Crippen LogP contribution in [0.25, 0.3) is 44.5 Å². The van der Waals surface area contributed by atoms with Crippen LogP contribution in [-0.4, -0.2) is 4.98 Å². The molecule has 4 heteroatoms. The molecule has 0 aliphatic heterocycles. The SMILES string of the molecule is Fc1c(-c2ccccc2)nc2c(oc3ccccc32)c1-c1ccccc1Cl. The van der Waals surface area contributed by atoms with E-state index < -0.39 is 5.82 Å². The summed E-state index contributed by atoms with van der Waals surface area (Å²) < 4.78 is 21.7. The van der Waals surface area contributed by atoms with Gasteiger partial charge in [-0.15, -0.1) is 0 Å². The van der Waals surface area contributed by atoms with Gasteiger partial charge in [0.1, 0.15) is 16.8 Å². The molecule has 3 aromatic carbocycles. The fraction of sp³-hybridized carbons (Fsp3) is 0. The molecule has 5 rings (SSSR count). The molecule has 0 aliphatic rings. The lowest BCUT2D eigenvalue weighted by atomic mass is 10.0. The molecule has 130 valence electrons. The Morgan fingerprint density at radius 2 is 1.52 bits per heavy atom.